The normalized spacial score (nSPS) is 33.2. The van der Waals surface area contributed by atoms with Crippen molar-refractivity contribution in [1.82, 2.24) is 4.90 Å². The fraction of sp³-hybridized carbons (Fsp3) is 0.552. The van der Waals surface area contributed by atoms with Crippen LogP contribution in [-0.2, 0) is 23.9 Å². The highest BCUT2D eigenvalue weighted by Gasteiger charge is 2.72. The molecule has 0 bridgehead atoms. The Labute approximate surface area is 223 Å². The topological polar surface area (TPSA) is 106 Å². The number of carbonyl (C=O) groups excluding carboxylic acids is 3. The van der Waals surface area contributed by atoms with Crippen molar-refractivity contribution < 1.29 is 33.7 Å². The minimum absolute atomic E-state index is 0.0857. The van der Waals surface area contributed by atoms with Crippen LogP contribution in [-0.4, -0.2) is 78.4 Å². The maximum absolute atomic E-state index is 14.4. The number of amides is 2. The van der Waals surface area contributed by atoms with Crippen LogP contribution in [0.25, 0.3) is 0 Å². The number of aliphatic hydroxyl groups excluding tert-OH is 1. The molecule has 2 fully saturated rings. The van der Waals surface area contributed by atoms with Crippen LogP contribution in [0.1, 0.15) is 33.1 Å². The third-order valence-corrected chi connectivity index (χ3v) is 8.52. The van der Waals surface area contributed by atoms with Crippen LogP contribution in [0.2, 0.25) is 0 Å². The van der Waals surface area contributed by atoms with Gasteiger partial charge in [-0.25, -0.2) is 0 Å². The number of aliphatic hydroxyl groups is 1. The summed E-state index contributed by atoms with van der Waals surface area (Å²) in [5.41, 5.74) is -0.717. The predicted molar refractivity (Wildman–Crippen MR) is 139 cm³/mol. The predicted octanol–water partition coefficient (Wildman–Crippen LogP) is 2.48. The van der Waals surface area contributed by atoms with Crippen molar-refractivity contribution in [2.75, 3.05) is 31.8 Å². The minimum Gasteiger partial charge on any atom is -0.497 e. The van der Waals surface area contributed by atoms with E-state index in [0.29, 0.717) is 24.3 Å². The van der Waals surface area contributed by atoms with E-state index in [-0.39, 0.29) is 37.5 Å². The van der Waals surface area contributed by atoms with E-state index in [1.54, 1.807) is 42.4 Å². The smallest absolute Gasteiger partial charge is 0.312 e. The van der Waals surface area contributed by atoms with E-state index in [0.717, 1.165) is 6.42 Å². The Bertz CT molecular complexity index is 1130. The molecule has 4 aliphatic rings. The van der Waals surface area contributed by atoms with Gasteiger partial charge < -0.3 is 29.1 Å². The number of nitrogens with zero attached hydrogens (tertiary/aromatic N) is 2. The SMILES string of the molecule is CC[C@H](C)[C@H](CO)N1C(=O)[C@@H]2[C@@H]3C(=O)OCCC/C=C\[C@@H]3O[C@@]23C=CCN(c2ccc(OC)cc2)C(=O)C13. The first kappa shape index (κ1) is 26.4. The number of benzene rings is 1. The molecule has 0 aromatic heterocycles. The highest BCUT2D eigenvalue weighted by atomic mass is 16.6. The lowest BCUT2D eigenvalue weighted by Crippen LogP contribution is -2.59. The van der Waals surface area contributed by atoms with Crippen LogP contribution < -0.4 is 9.64 Å². The highest BCUT2D eigenvalue weighted by Crippen LogP contribution is 2.54. The van der Waals surface area contributed by atoms with E-state index in [4.69, 9.17) is 14.2 Å². The van der Waals surface area contributed by atoms with Crippen LogP contribution in [0.3, 0.4) is 0 Å². The van der Waals surface area contributed by atoms with E-state index >= 15 is 0 Å². The summed E-state index contributed by atoms with van der Waals surface area (Å²) in [7, 11) is 1.58. The average molecular weight is 525 g/mol. The summed E-state index contributed by atoms with van der Waals surface area (Å²) in [5, 5.41) is 10.5. The molecule has 204 valence electrons. The quantitative estimate of drug-likeness (QED) is 0.450. The first-order valence-electron chi connectivity index (χ1n) is 13.4. The van der Waals surface area contributed by atoms with Crippen LogP contribution >= 0.6 is 0 Å². The molecule has 2 saturated heterocycles. The Kier molecular flexibility index (Phi) is 7.33. The number of ether oxygens (including phenoxy) is 3. The Morgan fingerprint density at radius 2 is 1.92 bits per heavy atom. The maximum atomic E-state index is 14.4. The monoisotopic (exact) mass is 524 g/mol. The van der Waals surface area contributed by atoms with Crippen molar-refractivity contribution in [3.05, 3.63) is 48.6 Å². The molecule has 4 aliphatic heterocycles. The van der Waals surface area contributed by atoms with Gasteiger partial charge in [0.15, 0.2) is 0 Å². The van der Waals surface area contributed by atoms with Gasteiger partial charge in [-0.1, -0.05) is 44.6 Å². The Morgan fingerprint density at radius 1 is 1.16 bits per heavy atom. The van der Waals surface area contributed by atoms with Gasteiger partial charge in [0.05, 0.1) is 38.4 Å². The van der Waals surface area contributed by atoms with Crippen molar-refractivity contribution in [3.8, 4) is 5.75 Å². The number of methoxy groups -OCH3 is 1. The number of hydrogen-bond donors (Lipinski definition) is 1. The lowest BCUT2D eigenvalue weighted by molar-refractivity contribution is -0.155. The lowest BCUT2D eigenvalue weighted by Gasteiger charge is -2.40. The van der Waals surface area contributed by atoms with E-state index in [9.17, 15) is 19.5 Å². The number of allylic oxidation sites excluding steroid dienone is 1. The second-order valence-corrected chi connectivity index (χ2v) is 10.5. The molecule has 9 nitrogen and oxygen atoms in total. The van der Waals surface area contributed by atoms with Gasteiger partial charge in [-0.15, -0.1) is 0 Å². The zero-order valence-electron chi connectivity index (χ0n) is 22.1. The summed E-state index contributed by atoms with van der Waals surface area (Å²) in [6.07, 6.45) is 8.84. The molecule has 1 spiro atoms. The average Bonchev–Trinajstić information content (AvgIpc) is 3.34. The molecule has 5 rings (SSSR count). The Balaban J connectivity index is 1.64. The van der Waals surface area contributed by atoms with Gasteiger partial charge in [-0.3, -0.25) is 14.4 Å². The molecule has 0 saturated carbocycles. The van der Waals surface area contributed by atoms with Gasteiger partial charge >= 0.3 is 5.97 Å². The largest absolute Gasteiger partial charge is 0.497 e. The van der Waals surface area contributed by atoms with Crippen LogP contribution in [0.5, 0.6) is 5.75 Å². The van der Waals surface area contributed by atoms with E-state index in [1.807, 2.05) is 32.1 Å². The lowest BCUT2D eigenvalue weighted by atomic mass is 9.78. The van der Waals surface area contributed by atoms with Gasteiger partial charge in [0.2, 0.25) is 5.91 Å². The number of rotatable bonds is 6. The summed E-state index contributed by atoms with van der Waals surface area (Å²) in [4.78, 5) is 45.2. The molecule has 1 aromatic carbocycles. The molecule has 1 unspecified atom stereocenters. The summed E-state index contributed by atoms with van der Waals surface area (Å²) in [6.45, 7) is 4.16. The first-order chi connectivity index (χ1) is 18.4. The fourth-order valence-corrected chi connectivity index (χ4v) is 6.36. The molecule has 0 radical (unpaired) electrons. The molecule has 1 aromatic rings. The molecule has 9 heteroatoms. The first-order valence-corrected chi connectivity index (χ1v) is 13.4. The van der Waals surface area contributed by atoms with Gasteiger partial charge in [-0.2, -0.15) is 0 Å². The molecule has 2 amide bonds. The number of hydrogen-bond acceptors (Lipinski definition) is 7. The van der Waals surface area contributed by atoms with Gasteiger partial charge in [0.1, 0.15) is 23.3 Å². The minimum atomic E-state index is -1.37. The standard InChI is InChI=1S/C29H36N2O7/c1-4-18(2)21(17-32)31-25-27(34)30(19-10-12-20(36-3)13-11-19)15-8-14-29(25)24(26(31)33)23-22(38-29)9-6-5-7-16-37-28(23)35/h6,8-14,18,21-25,32H,4-5,7,15-17H2,1-3H3/b9-6-/t18-,21-,22-,23+,24-,25?,29-/m0/s1. The van der Waals surface area contributed by atoms with E-state index < -0.39 is 41.6 Å². The molecule has 1 N–H and O–H groups in total. The van der Waals surface area contributed by atoms with Crippen LogP contribution in [0.15, 0.2) is 48.6 Å². The number of likely N-dealkylation sites (tertiary alicyclic amines) is 1. The van der Waals surface area contributed by atoms with Crippen LogP contribution in [0.4, 0.5) is 5.69 Å². The maximum Gasteiger partial charge on any atom is 0.312 e. The summed E-state index contributed by atoms with van der Waals surface area (Å²) in [5.74, 6) is -2.42. The fourth-order valence-electron chi connectivity index (χ4n) is 6.36. The summed E-state index contributed by atoms with van der Waals surface area (Å²) >= 11 is 0. The van der Waals surface area contributed by atoms with Crippen molar-refractivity contribution in [2.24, 2.45) is 17.8 Å². The molecule has 7 atom stereocenters. The van der Waals surface area contributed by atoms with Crippen molar-refractivity contribution in [3.63, 3.8) is 0 Å². The second kappa shape index (κ2) is 10.5. The zero-order chi connectivity index (χ0) is 27.0. The Hall–Kier alpha value is -3.17. The number of cyclic esters (lactones) is 1. The van der Waals surface area contributed by atoms with Crippen molar-refractivity contribution >= 4 is 23.5 Å². The van der Waals surface area contributed by atoms with E-state index in [2.05, 4.69) is 0 Å². The van der Waals surface area contributed by atoms with Gasteiger partial charge in [-0.05, 0) is 43.0 Å². The third-order valence-electron chi connectivity index (χ3n) is 8.52. The van der Waals surface area contributed by atoms with Gasteiger partial charge in [0, 0.05) is 12.2 Å². The number of carbonyl (C=O) groups is 3. The van der Waals surface area contributed by atoms with E-state index in [1.165, 1.54) is 4.90 Å². The molecule has 38 heavy (non-hydrogen) atoms. The third kappa shape index (κ3) is 4.12. The number of fused-ring (bicyclic) bond motifs is 2. The molecule has 0 aliphatic carbocycles. The summed E-state index contributed by atoms with van der Waals surface area (Å²) in [6, 6.07) is 5.49. The van der Waals surface area contributed by atoms with Crippen molar-refractivity contribution in [1.29, 1.82) is 0 Å². The zero-order valence-corrected chi connectivity index (χ0v) is 22.1. The van der Waals surface area contributed by atoms with Gasteiger partial charge in [0.25, 0.3) is 5.91 Å². The van der Waals surface area contributed by atoms with Crippen LogP contribution in [0, 0.1) is 17.8 Å². The highest BCUT2D eigenvalue weighted by molar-refractivity contribution is 6.05. The van der Waals surface area contributed by atoms with Crippen molar-refractivity contribution in [2.45, 2.75) is 56.9 Å². The number of esters is 1. The second-order valence-electron chi connectivity index (χ2n) is 10.5. The molecular formula is C29H36N2O7. The molecule has 4 heterocycles. The summed E-state index contributed by atoms with van der Waals surface area (Å²) < 4.78 is 17.5. The Morgan fingerprint density at radius 3 is 2.61 bits per heavy atom. The molecular weight excluding hydrogens is 488 g/mol. The number of anilines is 1.